The average Bonchev–Trinajstić information content (AvgIpc) is 2.80. The van der Waals surface area contributed by atoms with Gasteiger partial charge in [0.25, 0.3) is 0 Å². The smallest absolute Gasteiger partial charge is 0.0929 e. The van der Waals surface area contributed by atoms with Crippen molar-refractivity contribution in [1.82, 2.24) is 14.8 Å². The molecule has 1 saturated heterocycles. The Labute approximate surface area is 112 Å². The van der Waals surface area contributed by atoms with E-state index in [0.717, 1.165) is 12.1 Å². The van der Waals surface area contributed by atoms with E-state index in [9.17, 15) is 0 Å². The second-order valence-electron chi connectivity index (χ2n) is 4.61. The zero-order valence-electron chi connectivity index (χ0n) is 10.4. The molecule has 96 valence electrons. The van der Waals surface area contributed by atoms with Crippen molar-refractivity contribution < 1.29 is 0 Å². The predicted molar refractivity (Wildman–Crippen MR) is 73.9 cm³/mol. The first kappa shape index (κ1) is 13.3. The van der Waals surface area contributed by atoms with Crippen LogP contribution in [0.3, 0.4) is 0 Å². The number of hydrogen-bond donors (Lipinski definition) is 0. The Morgan fingerprint density at radius 3 is 2.76 bits per heavy atom. The fourth-order valence-electron chi connectivity index (χ4n) is 2.05. The van der Waals surface area contributed by atoms with Crippen LogP contribution in [0.4, 0.5) is 0 Å². The van der Waals surface area contributed by atoms with Gasteiger partial charge in [-0.15, -0.1) is 22.9 Å². The number of rotatable bonds is 5. The third kappa shape index (κ3) is 4.21. The molecule has 2 rings (SSSR count). The molecule has 0 N–H and O–H groups in total. The Morgan fingerprint density at radius 2 is 2.12 bits per heavy atom. The standard InChI is InChI=1S/C12H20ClN3S/c1-15-5-7-16(8-6-15)4-2-3-12-14-11(9-13)10-17-12/h10H,2-9H2,1H3. The minimum atomic E-state index is 0.537. The first-order chi connectivity index (χ1) is 8.28. The van der Waals surface area contributed by atoms with E-state index in [1.807, 2.05) is 0 Å². The zero-order valence-corrected chi connectivity index (χ0v) is 11.9. The van der Waals surface area contributed by atoms with Crippen LogP contribution < -0.4 is 0 Å². The van der Waals surface area contributed by atoms with Crippen LogP contribution in [0.1, 0.15) is 17.1 Å². The first-order valence-electron chi connectivity index (χ1n) is 6.18. The third-order valence-corrected chi connectivity index (χ3v) is 4.43. The molecule has 1 aromatic heterocycles. The van der Waals surface area contributed by atoms with Crippen molar-refractivity contribution >= 4 is 22.9 Å². The number of likely N-dealkylation sites (N-methyl/N-ethyl adjacent to an activating group) is 1. The van der Waals surface area contributed by atoms with Crippen LogP contribution in [0.2, 0.25) is 0 Å². The summed E-state index contributed by atoms with van der Waals surface area (Å²) in [5.41, 5.74) is 1.02. The third-order valence-electron chi connectivity index (χ3n) is 3.20. The van der Waals surface area contributed by atoms with Crippen LogP contribution in [0.15, 0.2) is 5.38 Å². The summed E-state index contributed by atoms with van der Waals surface area (Å²) < 4.78 is 0. The van der Waals surface area contributed by atoms with Crippen LogP contribution in [-0.4, -0.2) is 54.6 Å². The van der Waals surface area contributed by atoms with Crippen molar-refractivity contribution in [1.29, 1.82) is 0 Å². The SMILES string of the molecule is CN1CCN(CCCc2nc(CCl)cs2)CC1. The van der Waals surface area contributed by atoms with Crippen LogP contribution in [0.25, 0.3) is 0 Å². The van der Waals surface area contributed by atoms with Gasteiger partial charge in [-0.1, -0.05) is 0 Å². The molecule has 0 bridgehead atoms. The molecule has 1 aromatic rings. The molecule has 0 atom stereocenters. The summed E-state index contributed by atoms with van der Waals surface area (Å²) in [5, 5.41) is 3.30. The summed E-state index contributed by atoms with van der Waals surface area (Å²) in [5.74, 6) is 0.537. The highest BCUT2D eigenvalue weighted by molar-refractivity contribution is 7.09. The van der Waals surface area contributed by atoms with Crippen LogP contribution in [0, 0.1) is 0 Å². The van der Waals surface area contributed by atoms with Gasteiger partial charge in [0.15, 0.2) is 0 Å². The van der Waals surface area contributed by atoms with E-state index in [1.165, 1.54) is 44.2 Å². The lowest BCUT2D eigenvalue weighted by atomic mass is 10.2. The summed E-state index contributed by atoms with van der Waals surface area (Å²) in [6, 6.07) is 0. The second-order valence-corrected chi connectivity index (χ2v) is 5.82. The average molecular weight is 274 g/mol. The van der Waals surface area contributed by atoms with Gasteiger partial charge >= 0.3 is 0 Å². The highest BCUT2D eigenvalue weighted by Crippen LogP contribution is 2.13. The molecule has 17 heavy (non-hydrogen) atoms. The van der Waals surface area contributed by atoms with Crippen LogP contribution in [0.5, 0.6) is 0 Å². The van der Waals surface area contributed by atoms with Gasteiger partial charge in [0.05, 0.1) is 16.6 Å². The summed E-state index contributed by atoms with van der Waals surface area (Å²) in [6.07, 6.45) is 2.30. The van der Waals surface area contributed by atoms with E-state index in [2.05, 4.69) is 27.2 Å². The summed E-state index contributed by atoms with van der Waals surface area (Å²) >= 11 is 7.48. The maximum atomic E-state index is 5.74. The molecule has 0 aromatic carbocycles. The maximum Gasteiger partial charge on any atom is 0.0929 e. The monoisotopic (exact) mass is 273 g/mol. The van der Waals surface area contributed by atoms with Crippen molar-refractivity contribution in [3.8, 4) is 0 Å². The van der Waals surface area contributed by atoms with Gasteiger partial charge in [0.1, 0.15) is 0 Å². The Hall–Kier alpha value is -0.160. The fourth-order valence-corrected chi connectivity index (χ4v) is 3.12. The van der Waals surface area contributed by atoms with Crippen LogP contribution >= 0.6 is 22.9 Å². The fraction of sp³-hybridized carbons (Fsp3) is 0.750. The molecular weight excluding hydrogens is 254 g/mol. The topological polar surface area (TPSA) is 19.4 Å². The van der Waals surface area contributed by atoms with Crippen molar-refractivity contribution in [2.75, 3.05) is 39.8 Å². The molecule has 0 aliphatic carbocycles. The van der Waals surface area contributed by atoms with Crippen molar-refractivity contribution in [3.05, 3.63) is 16.1 Å². The molecular formula is C12H20ClN3S. The van der Waals surface area contributed by atoms with Gasteiger partial charge < -0.3 is 9.80 Å². The first-order valence-corrected chi connectivity index (χ1v) is 7.59. The molecule has 1 fully saturated rings. The van der Waals surface area contributed by atoms with Crippen LogP contribution in [-0.2, 0) is 12.3 Å². The van der Waals surface area contributed by atoms with Crippen molar-refractivity contribution in [2.24, 2.45) is 0 Å². The Kier molecular flexibility index (Phi) is 5.22. The lowest BCUT2D eigenvalue weighted by Crippen LogP contribution is -2.44. The van der Waals surface area contributed by atoms with E-state index < -0.39 is 0 Å². The lowest BCUT2D eigenvalue weighted by Gasteiger charge is -2.32. The summed E-state index contributed by atoms with van der Waals surface area (Å²) in [7, 11) is 2.20. The highest BCUT2D eigenvalue weighted by atomic mass is 35.5. The predicted octanol–water partition coefficient (Wildman–Crippen LogP) is 2.06. The Morgan fingerprint density at radius 1 is 1.35 bits per heavy atom. The molecule has 5 heteroatoms. The molecule has 0 saturated carbocycles. The Balaban J connectivity index is 1.65. The van der Waals surface area contributed by atoms with Gasteiger partial charge in [-0.2, -0.15) is 0 Å². The minimum Gasteiger partial charge on any atom is -0.304 e. The lowest BCUT2D eigenvalue weighted by molar-refractivity contribution is 0.153. The molecule has 1 aliphatic rings. The van der Waals surface area contributed by atoms with Gasteiger partial charge in [-0.05, 0) is 20.0 Å². The number of aromatic nitrogens is 1. The molecule has 3 nitrogen and oxygen atoms in total. The molecule has 0 radical (unpaired) electrons. The molecule has 0 spiro atoms. The zero-order chi connectivity index (χ0) is 12.1. The number of thiazole rings is 1. The number of halogens is 1. The summed E-state index contributed by atoms with van der Waals surface area (Å²) in [4.78, 5) is 9.43. The van der Waals surface area contributed by atoms with Crippen molar-refractivity contribution in [3.63, 3.8) is 0 Å². The number of nitrogens with zero attached hydrogens (tertiary/aromatic N) is 3. The number of hydrogen-bond acceptors (Lipinski definition) is 4. The van der Waals surface area contributed by atoms with Gasteiger partial charge in [-0.3, -0.25) is 0 Å². The van der Waals surface area contributed by atoms with E-state index >= 15 is 0 Å². The maximum absolute atomic E-state index is 5.74. The second kappa shape index (κ2) is 6.69. The minimum absolute atomic E-state index is 0.537. The highest BCUT2D eigenvalue weighted by Gasteiger charge is 2.13. The molecule has 0 unspecified atom stereocenters. The number of alkyl halides is 1. The number of piperazine rings is 1. The number of aryl methyl sites for hydroxylation is 1. The molecule has 0 amide bonds. The largest absolute Gasteiger partial charge is 0.304 e. The Bertz CT molecular complexity index is 334. The van der Waals surface area contributed by atoms with Gasteiger partial charge in [-0.25, -0.2) is 4.98 Å². The van der Waals surface area contributed by atoms with Gasteiger partial charge in [0.2, 0.25) is 0 Å². The molecule has 1 aliphatic heterocycles. The van der Waals surface area contributed by atoms with Gasteiger partial charge in [0, 0.05) is 38.0 Å². The molecule has 2 heterocycles. The normalized spacial score (nSPS) is 18.7. The quantitative estimate of drug-likeness (QED) is 0.766. The van der Waals surface area contributed by atoms with E-state index in [0.29, 0.717) is 5.88 Å². The van der Waals surface area contributed by atoms with Crippen molar-refractivity contribution in [2.45, 2.75) is 18.7 Å². The summed E-state index contributed by atoms with van der Waals surface area (Å²) in [6.45, 7) is 6.02. The van der Waals surface area contributed by atoms with E-state index in [-0.39, 0.29) is 0 Å². The van der Waals surface area contributed by atoms with E-state index in [1.54, 1.807) is 11.3 Å². The van der Waals surface area contributed by atoms with E-state index in [4.69, 9.17) is 11.6 Å².